The van der Waals surface area contributed by atoms with Gasteiger partial charge in [-0.2, -0.15) is 5.10 Å². The number of halogens is 1. The molecule has 148 valence electrons. The molecule has 1 aromatic carbocycles. The number of hydrogen-bond acceptors (Lipinski definition) is 5. The Morgan fingerprint density at radius 1 is 1.28 bits per heavy atom. The van der Waals surface area contributed by atoms with Crippen LogP contribution in [0.4, 0.5) is 5.13 Å². The monoisotopic (exact) mass is 425 g/mol. The van der Waals surface area contributed by atoms with Crippen molar-refractivity contribution in [3.05, 3.63) is 69.4 Å². The Labute approximate surface area is 177 Å². The van der Waals surface area contributed by atoms with E-state index in [9.17, 15) is 4.79 Å². The number of thiazole rings is 1. The second-order valence-corrected chi connectivity index (χ2v) is 8.56. The molecule has 3 heterocycles. The second-order valence-electron chi connectivity index (χ2n) is 7.07. The van der Waals surface area contributed by atoms with Crippen LogP contribution in [0.3, 0.4) is 0 Å². The van der Waals surface area contributed by atoms with Gasteiger partial charge < -0.3 is 0 Å². The Bertz CT molecular complexity index is 1200. The van der Waals surface area contributed by atoms with E-state index in [0.29, 0.717) is 17.1 Å². The van der Waals surface area contributed by atoms with Crippen LogP contribution in [-0.2, 0) is 6.42 Å². The zero-order chi connectivity index (χ0) is 20.5. The SMILES string of the molecule is Cc1nc(NC(=O)c2cnc3c(cnn3C(C)C)c2)sc1Cc1ccccc1Cl. The summed E-state index contributed by atoms with van der Waals surface area (Å²) >= 11 is 7.73. The molecule has 0 aliphatic rings. The second kappa shape index (κ2) is 7.93. The number of anilines is 1. The summed E-state index contributed by atoms with van der Waals surface area (Å²) in [6, 6.07) is 9.75. The number of aromatic nitrogens is 4. The van der Waals surface area contributed by atoms with E-state index in [0.717, 1.165) is 32.2 Å². The molecule has 0 aliphatic heterocycles. The fraction of sp³-hybridized carbons (Fsp3) is 0.238. The van der Waals surface area contributed by atoms with Gasteiger partial charge in [0.15, 0.2) is 10.8 Å². The van der Waals surface area contributed by atoms with Crippen molar-refractivity contribution >= 4 is 45.0 Å². The molecule has 29 heavy (non-hydrogen) atoms. The van der Waals surface area contributed by atoms with Crippen molar-refractivity contribution in [2.75, 3.05) is 5.32 Å². The molecule has 6 nitrogen and oxygen atoms in total. The van der Waals surface area contributed by atoms with Crippen LogP contribution in [0, 0.1) is 6.92 Å². The van der Waals surface area contributed by atoms with Crippen LogP contribution in [0.25, 0.3) is 11.0 Å². The lowest BCUT2D eigenvalue weighted by atomic mass is 10.1. The summed E-state index contributed by atoms with van der Waals surface area (Å²) in [4.78, 5) is 22.7. The average Bonchev–Trinajstić information content (AvgIpc) is 3.26. The quantitative estimate of drug-likeness (QED) is 0.472. The van der Waals surface area contributed by atoms with Gasteiger partial charge in [-0.05, 0) is 38.5 Å². The Kier molecular flexibility index (Phi) is 5.34. The lowest BCUT2D eigenvalue weighted by Crippen LogP contribution is -2.12. The third-order valence-corrected chi connectivity index (χ3v) is 6.05. The van der Waals surface area contributed by atoms with Gasteiger partial charge in [0.25, 0.3) is 5.91 Å². The van der Waals surface area contributed by atoms with E-state index >= 15 is 0 Å². The summed E-state index contributed by atoms with van der Waals surface area (Å²) in [5.41, 5.74) is 3.16. The smallest absolute Gasteiger partial charge is 0.259 e. The topological polar surface area (TPSA) is 72.7 Å². The lowest BCUT2D eigenvalue weighted by molar-refractivity contribution is 0.102. The van der Waals surface area contributed by atoms with Gasteiger partial charge in [-0.1, -0.05) is 29.8 Å². The Morgan fingerprint density at radius 3 is 2.83 bits per heavy atom. The van der Waals surface area contributed by atoms with E-state index in [1.165, 1.54) is 11.3 Å². The number of amides is 1. The number of nitrogens with one attached hydrogen (secondary N) is 1. The van der Waals surface area contributed by atoms with Crippen molar-refractivity contribution in [1.82, 2.24) is 19.7 Å². The first kappa shape index (κ1) is 19.5. The van der Waals surface area contributed by atoms with E-state index in [1.54, 1.807) is 18.5 Å². The summed E-state index contributed by atoms with van der Waals surface area (Å²) in [5, 5.41) is 9.35. The van der Waals surface area contributed by atoms with Crippen LogP contribution in [0.5, 0.6) is 0 Å². The molecule has 0 unspecified atom stereocenters. The highest BCUT2D eigenvalue weighted by atomic mass is 35.5. The minimum absolute atomic E-state index is 0.203. The molecule has 4 aromatic rings. The number of hydrogen-bond donors (Lipinski definition) is 1. The van der Waals surface area contributed by atoms with Crippen molar-refractivity contribution in [2.45, 2.75) is 33.2 Å². The summed E-state index contributed by atoms with van der Waals surface area (Å²) in [6.45, 7) is 6.02. The molecular formula is C21H20ClN5OS. The van der Waals surface area contributed by atoms with Crippen LogP contribution >= 0.6 is 22.9 Å². The zero-order valence-corrected chi connectivity index (χ0v) is 17.9. The summed E-state index contributed by atoms with van der Waals surface area (Å²) in [5.74, 6) is -0.241. The normalized spacial score (nSPS) is 11.3. The van der Waals surface area contributed by atoms with Crippen LogP contribution in [0.2, 0.25) is 5.02 Å². The molecule has 0 spiro atoms. The Hall–Kier alpha value is -2.77. The van der Waals surface area contributed by atoms with E-state index in [4.69, 9.17) is 11.6 Å². The lowest BCUT2D eigenvalue weighted by Gasteiger charge is -2.06. The Balaban J connectivity index is 1.53. The first-order valence-electron chi connectivity index (χ1n) is 9.26. The van der Waals surface area contributed by atoms with Gasteiger partial charge in [0.05, 0.1) is 17.5 Å². The fourth-order valence-electron chi connectivity index (χ4n) is 3.07. The summed E-state index contributed by atoms with van der Waals surface area (Å²) in [7, 11) is 0. The molecule has 0 radical (unpaired) electrons. The fourth-order valence-corrected chi connectivity index (χ4v) is 4.25. The molecule has 8 heteroatoms. The first-order valence-corrected chi connectivity index (χ1v) is 10.5. The van der Waals surface area contributed by atoms with Gasteiger partial charge >= 0.3 is 0 Å². The maximum Gasteiger partial charge on any atom is 0.259 e. The van der Waals surface area contributed by atoms with Crippen molar-refractivity contribution in [1.29, 1.82) is 0 Å². The van der Waals surface area contributed by atoms with Crippen molar-refractivity contribution in [3.8, 4) is 0 Å². The summed E-state index contributed by atoms with van der Waals surface area (Å²) < 4.78 is 1.84. The molecule has 0 atom stereocenters. The third kappa shape index (κ3) is 4.02. The number of carbonyl (C=O) groups is 1. The van der Waals surface area contributed by atoms with Crippen LogP contribution in [0.1, 0.15) is 46.4 Å². The highest BCUT2D eigenvalue weighted by molar-refractivity contribution is 7.15. The van der Waals surface area contributed by atoms with Gasteiger partial charge in [0.1, 0.15) is 0 Å². The predicted molar refractivity (Wildman–Crippen MR) is 117 cm³/mol. The molecule has 0 fully saturated rings. The number of aryl methyl sites for hydroxylation is 1. The largest absolute Gasteiger partial charge is 0.298 e. The first-order chi connectivity index (χ1) is 13.9. The molecule has 4 rings (SSSR count). The standard InChI is InChI=1S/C21H20ClN5OS/c1-12(2)27-19-15(11-24-27)8-16(10-23-19)20(28)26-21-25-13(3)18(29-21)9-14-6-4-5-7-17(14)22/h4-8,10-12H,9H2,1-3H3,(H,25,26,28). The molecule has 3 aromatic heterocycles. The maximum absolute atomic E-state index is 12.7. The van der Waals surface area contributed by atoms with E-state index < -0.39 is 0 Å². The number of pyridine rings is 1. The van der Waals surface area contributed by atoms with E-state index in [1.807, 2.05) is 49.7 Å². The van der Waals surface area contributed by atoms with Crippen molar-refractivity contribution < 1.29 is 4.79 Å². The molecule has 0 saturated carbocycles. The van der Waals surface area contributed by atoms with Crippen LogP contribution < -0.4 is 5.32 Å². The maximum atomic E-state index is 12.7. The molecule has 0 bridgehead atoms. The van der Waals surface area contributed by atoms with Gasteiger partial charge in [-0.25, -0.2) is 14.6 Å². The zero-order valence-electron chi connectivity index (χ0n) is 16.3. The Morgan fingerprint density at radius 2 is 2.07 bits per heavy atom. The van der Waals surface area contributed by atoms with E-state index in [-0.39, 0.29) is 11.9 Å². The van der Waals surface area contributed by atoms with Gasteiger partial charge in [-0.15, -0.1) is 11.3 Å². The number of carbonyl (C=O) groups excluding carboxylic acids is 1. The highest BCUT2D eigenvalue weighted by Crippen LogP contribution is 2.28. The van der Waals surface area contributed by atoms with Crippen molar-refractivity contribution in [2.24, 2.45) is 0 Å². The molecule has 0 aliphatic carbocycles. The van der Waals surface area contributed by atoms with E-state index in [2.05, 4.69) is 20.4 Å². The van der Waals surface area contributed by atoms with Gasteiger partial charge in [0.2, 0.25) is 0 Å². The third-order valence-electron chi connectivity index (χ3n) is 4.61. The van der Waals surface area contributed by atoms with Gasteiger partial charge in [0, 0.05) is 33.9 Å². The van der Waals surface area contributed by atoms with Crippen LogP contribution in [-0.4, -0.2) is 25.7 Å². The summed E-state index contributed by atoms with van der Waals surface area (Å²) in [6.07, 6.45) is 3.98. The minimum Gasteiger partial charge on any atom is -0.298 e. The number of benzene rings is 1. The highest BCUT2D eigenvalue weighted by Gasteiger charge is 2.15. The van der Waals surface area contributed by atoms with Crippen LogP contribution in [0.15, 0.2) is 42.7 Å². The molecule has 1 amide bonds. The molecule has 0 saturated heterocycles. The predicted octanol–water partition coefficient (Wildman–Crippen LogP) is 5.27. The van der Waals surface area contributed by atoms with Gasteiger partial charge in [-0.3, -0.25) is 10.1 Å². The molecular weight excluding hydrogens is 406 g/mol. The number of rotatable bonds is 5. The van der Waals surface area contributed by atoms with Crippen molar-refractivity contribution in [3.63, 3.8) is 0 Å². The number of nitrogens with zero attached hydrogens (tertiary/aromatic N) is 4. The minimum atomic E-state index is -0.241. The molecule has 1 N–H and O–H groups in total. The number of fused-ring (bicyclic) bond motifs is 1. The average molecular weight is 426 g/mol.